The second-order valence-corrected chi connectivity index (χ2v) is 3.58. The van der Waals surface area contributed by atoms with Crippen LogP contribution in [0.3, 0.4) is 0 Å². The summed E-state index contributed by atoms with van der Waals surface area (Å²) >= 11 is 0. The Morgan fingerprint density at radius 3 is 2.35 bits per heavy atom. The van der Waals surface area contributed by atoms with Gasteiger partial charge in [-0.1, -0.05) is 36.4 Å². The Balaban J connectivity index is 1.84. The Labute approximate surface area is 100 Å². The van der Waals surface area contributed by atoms with Crippen LogP contribution in [-0.4, -0.2) is 6.61 Å². The molecule has 0 atom stereocenters. The van der Waals surface area contributed by atoms with Crippen LogP contribution in [0.15, 0.2) is 60.7 Å². The maximum absolute atomic E-state index is 12.6. The first-order valence-corrected chi connectivity index (χ1v) is 5.44. The van der Waals surface area contributed by atoms with E-state index in [4.69, 9.17) is 4.74 Å². The molecule has 0 bridgehead atoms. The molecule has 2 aromatic carbocycles. The summed E-state index contributed by atoms with van der Waals surface area (Å²) < 4.78 is 18.1. The number of halogens is 1. The molecule has 2 heteroatoms. The zero-order chi connectivity index (χ0) is 11.9. The van der Waals surface area contributed by atoms with E-state index in [1.807, 2.05) is 42.5 Å². The molecule has 0 heterocycles. The molecule has 0 N–H and O–H groups in total. The van der Waals surface area contributed by atoms with Crippen LogP contribution in [0.2, 0.25) is 0 Å². The molecule has 0 unspecified atom stereocenters. The Morgan fingerprint density at radius 2 is 1.65 bits per heavy atom. The molecule has 86 valence electrons. The average molecular weight is 228 g/mol. The van der Waals surface area contributed by atoms with Gasteiger partial charge >= 0.3 is 0 Å². The van der Waals surface area contributed by atoms with Gasteiger partial charge in [-0.3, -0.25) is 0 Å². The summed E-state index contributed by atoms with van der Waals surface area (Å²) in [6, 6.07) is 16.0. The van der Waals surface area contributed by atoms with Gasteiger partial charge in [-0.25, -0.2) is 4.39 Å². The zero-order valence-corrected chi connectivity index (χ0v) is 9.34. The highest BCUT2D eigenvalue weighted by atomic mass is 19.1. The number of hydrogen-bond acceptors (Lipinski definition) is 1. The van der Waals surface area contributed by atoms with E-state index in [-0.39, 0.29) is 5.82 Å². The summed E-state index contributed by atoms with van der Waals surface area (Å²) in [6.45, 7) is 0.501. The summed E-state index contributed by atoms with van der Waals surface area (Å²) in [5.41, 5.74) is 0.961. The molecule has 0 aliphatic heterocycles. The molecule has 0 saturated heterocycles. The van der Waals surface area contributed by atoms with Gasteiger partial charge in [-0.15, -0.1) is 0 Å². The summed E-state index contributed by atoms with van der Waals surface area (Å²) in [7, 11) is 0. The first-order valence-electron chi connectivity index (χ1n) is 5.44. The average Bonchev–Trinajstić information content (AvgIpc) is 2.38. The van der Waals surface area contributed by atoms with Gasteiger partial charge in [-0.2, -0.15) is 0 Å². The van der Waals surface area contributed by atoms with E-state index in [9.17, 15) is 4.39 Å². The predicted molar refractivity (Wildman–Crippen MR) is 67.4 cm³/mol. The van der Waals surface area contributed by atoms with Crippen molar-refractivity contribution in [1.82, 2.24) is 0 Å². The van der Waals surface area contributed by atoms with Crippen molar-refractivity contribution in [1.29, 1.82) is 0 Å². The number of rotatable bonds is 4. The van der Waals surface area contributed by atoms with Crippen molar-refractivity contribution in [3.05, 3.63) is 72.1 Å². The van der Waals surface area contributed by atoms with E-state index in [1.165, 1.54) is 12.1 Å². The summed E-state index contributed by atoms with van der Waals surface area (Å²) in [5, 5.41) is 0. The molecule has 0 aliphatic rings. The molecule has 0 amide bonds. The highest BCUT2D eigenvalue weighted by Crippen LogP contribution is 2.09. The highest BCUT2D eigenvalue weighted by Gasteiger charge is 1.90. The van der Waals surface area contributed by atoms with E-state index in [2.05, 4.69) is 0 Å². The van der Waals surface area contributed by atoms with Gasteiger partial charge in [0.1, 0.15) is 18.2 Å². The van der Waals surface area contributed by atoms with Crippen LogP contribution in [0.1, 0.15) is 5.56 Å². The highest BCUT2D eigenvalue weighted by molar-refractivity contribution is 5.48. The largest absolute Gasteiger partial charge is 0.490 e. The lowest BCUT2D eigenvalue weighted by atomic mass is 10.2. The van der Waals surface area contributed by atoms with E-state index >= 15 is 0 Å². The van der Waals surface area contributed by atoms with Crippen molar-refractivity contribution in [2.45, 2.75) is 0 Å². The molecule has 2 aromatic rings. The van der Waals surface area contributed by atoms with Crippen molar-refractivity contribution < 1.29 is 9.13 Å². The second kappa shape index (κ2) is 5.85. The van der Waals surface area contributed by atoms with Gasteiger partial charge in [-0.05, 0) is 35.9 Å². The van der Waals surface area contributed by atoms with Crippen LogP contribution in [0, 0.1) is 5.82 Å². The molecular weight excluding hydrogens is 215 g/mol. The minimum Gasteiger partial charge on any atom is -0.490 e. The SMILES string of the molecule is Fc1ccc(C=CCOc2ccccc2)cc1. The van der Waals surface area contributed by atoms with Crippen LogP contribution in [0.5, 0.6) is 5.75 Å². The summed E-state index contributed by atoms with van der Waals surface area (Å²) in [5.74, 6) is 0.624. The van der Waals surface area contributed by atoms with E-state index in [0.717, 1.165) is 11.3 Å². The lowest BCUT2D eigenvalue weighted by molar-refractivity contribution is 0.363. The molecule has 0 radical (unpaired) electrons. The minimum atomic E-state index is -0.220. The number of benzene rings is 2. The molecular formula is C15H13FO. The third-order valence-corrected chi connectivity index (χ3v) is 2.27. The quantitative estimate of drug-likeness (QED) is 0.770. The number of para-hydroxylation sites is 1. The number of hydrogen-bond donors (Lipinski definition) is 0. The zero-order valence-electron chi connectivity index (χ0n) is 9.34. The molecule has 17 heavy (non-hydrogen) atoms. The summed E-state index contributed by atoms with van der Waals surface area (Å²) in [6.07, 6.45) is 3.81. The monoisotopic (exact) mass is 228 g/mol. The second-order valence-electron chi connectivity index (χ2n) is 3.58. The Bertz CT molecular complexity index is 474. The molecule has 0 aromatic heterocycles. The molecule has 2 rings (SSSR count). The van der Waals surface area contributed by atoms with Gasteiger partial charge < -0.3 is 4.74 Å². The van der Waals surface area contributed by atoms with Gasteiger partial charge in [0, 0.05) is 0 Å². The minimum absolute atomic E-state index is 0.220. The number of ether oxygens (including phenoxy) is 1. The van der Waals surface area contributed by atoms with E-state index < -0.39 is 0 Å². The van der Waals surface area contributed by atoms with Gasteiger partial charge in [0.05, 0.1) is 0 Å². The van der Waals surface area contributed by atoms with E-state index in [0.29, 0.717) is 6.61 Å². The van der Waals surface area contributed by atoms with Crippen LogP contribution < -0.4 is 4.74 Å². The molecule has 0 aliphatic carbocycles. The smallest absolute Gasteiger partial charge is 0.123 e. The molecule has 0 saturated carbocycles. The third-order valence-electron chi connectivity index (χ3n) is 2.27. The van der Waals surface area contributed by atoms with Crippen molar-refractivity contribution in [2.24, 2.45) is 0 Å². The van der Waals surface area contributed by atoms with E-state index in [1.54, 1.807) is 12.1 Å². The van der Waals surface area contributed by atoms with Crippen LogP contribution in [0.4, 0.5) is 4.39 Å². The lowest BCUT2D eigenvalue weighted by Gasteiger charge is -2.01. The fourth-order valence-corrected chi connectivity index (χ4v) is 1.42. The fraction of sp³-hybridized carbons (Fsp3) is 0.0667. The summed E-state index contributed by atoms with van der Waals surface area (Å²) in [4.78, 5) is 0. The normalized spacial score (nSPS) is 10.6. The van der Waals surface area contributed by atoms with Crippen molar-refractivity contribution >= 4 is 6.08 Å². The Hall–Kier alpha value is -2.09. The topological polar surface area (TPSA) is 9.23 Å². The van der Waals surface area contributed by atoms with Crippen molar-refractivity contribution in [3.8, 4) is 5.75 Å². The van der Waals surface area contributed by atoms with Crippen LogP contribution >= 0.6 is 0 Å². The Kier molecular flexibility index (Phi) is 3.92. The first-order chi connectivity index (χ1) is 8.34. The maximum atomic E-state index is 12.6. The Morgan fingerprint density at radius 1 is 0.941 bits per heavy atom. The first kappa shape index (κ1) is 11.4. The fourth-order valence-electron chi connectivity index (χ4n) is 1.42. The van der Waals surface area contributed by atoms with Gasteiger partial charge in [0.25, 0.3) is 0 Å². The lowest BCUT2D eigenvalue weighted by Crippen LogP contribution is -1.92. The van der Waals surface area contributed by atoms with Crippen LogP contribution in [0.25, 0.3) is 6.08 Å². The third kappa shape index (κ3) is 3.76. The molecule has 0 fully saturated rings. The predicted octanol–water partition coefficient (Wildman–Crippen LogP) is 3.92. The standard InChI is InChI=1S/C15H13FO/c16-14-10-8-13(9-11-14)5-4-12-17-15-6-2-1-3-7-15/h1-11H,12H2. The van der Waals surface area contributed by atoms with Crippen molar-refractivity contribution in [3.63, 3.8) is 0 Å². The van der Waals surface area contributed by atoms with Crippen LogP contribution in [-0.2, 0) is 0 Å². The van der Waals surface area contributed by atoms with Crippen molar-refractivity contribution in [2.75, 3.05) is 6.61 Å². The molecule has 0 spiro atoms. The maximum Gasteiger partial charge on any atom is 0.123 e. The van der Waals surface area contributed by atoms with Gasteiger partial charge in [0.15, 0.2) is 0 Å². The van der Waals surface area contributed by atoms with Gasteiger partial charge in [0.2, 0.25) is 0 Å². The molecule has 1 nitrogen and oxygen atoms in total.